The summed E-state index contributed by atoms with van der Waals surface area (Å²) in [5.41, 5.74) is 7.00. The molecule has 1 aliphatic heterocycles. The first-order valence-corrected chi connectivity index (χ1v) is 15.8. The van der Waals surface area contributed by atoms with Gasteiger partial charge >= 0.3 is 5.92 Å². The molecule has 1 aromatic heterocycles. The number of nitrogens with zero attached hydrogens (tertiary/aromatic N) is 2. The smallest absolute Gasteiger partial charge is 0.314 e. The maximum absolute atomic E-state index is 16.1. The summed E-state index contributed by atoms with van der Waals surface area (Å²) in [6.07, 6.45) is 8.76. The van der Waals surface area contributed by atoms with Gasteiger partial charge in [-0.15, -0.1) is 0 Å². The molecule has 1 amide bonds. The van der Waals surface area contributed by atoms with Crippen LogP contribution in [0.4, 0.5) is 8.78 Å². The number of aromatic nitrogens is 1. The molecule has 2 aromatic carbocycles. The summed E-state index contributed by atoms with van der Waals surface area (Å²) >= 11 is 6.97. The van der Waals surface area contributed by atoms with Crippen LogP contribution in [0.25, 0.3) is 11.1 Å². The molecule has 1 saturated carbocycles. The molecular weight excluding hydrogens is 578 g/mol. The van der Waals surface area contributed by atoms with E-state index in [1.165, 1.54) is 49.3 Å². The quantitative estimate of drug-likeness (QED) is 0.238. The summed E-state index contributed by atoms with van der Waals surface area (Å²) in [5, 5.41) is 0.583. The van der Waals surface area contributed by atoms with Crippen molar-refractivity contribution in [3.05, 3.63) is 77.6 Å². The van der Waals surface area contributed by atoms with E-state index in [1.54, 1.807) is 30.3 Å². The third-order valence-corrected chi connectivity index (χ3v) is 9.19. The van der Waals surface area contributed by atoms with Gasteiger partial charge in [0, 0.05) is 40.8 Å². The van der Waals surface area contributed by atoms with Crippen LogP contribution in [-0.4, -0.2) is 47.6 Å². The van der Waals surface area contributed by atoms with Crippen LogP contribution in [0.15, 0.2) is 71.8 Å². The predicted molar refractivity (Wildman–Crippen MR) is 164 cm³/mol. The van der Waals surface area contributed by atoms with Crippen LogP contribution >= 0.6 is 23.5 Å². The van der Waals surface area contributed by atoms with E-state index in [2.05, 4.69) is 9.71 Å². The summed E-state index contributed by atoms with van der Waals surface area (Å²) in [7, 11) is 0. The second-order valence-corrected chi connectivity index (χ2v) is 12.5. The van der Waals surface area contributed by atoms with Gasteiger partial charge in [0.05, 0.1) is 6.61 Å². The van der Waals surface area contributed by atoms with E-state index < -0.39 is 23.6 Å². The van der Waals surface area contributed by atoms with E-state index in [0.717, 1.165) is 23.3 Å². The Morgan fingerprint density at radius 3 is 2.31 bits per heavy atom. The van der Waals surface area contributed by atoms with Crippen molar-refractivity contribution < 1.29 is 18.3 Å². The van der Waals surface area contributed by atoms with Gasteiger partial charge in [0.1, 0.15) is 11.4 Å². The lowest BCUT2D eigenvalue weighted by Crippen LogP contribution is -2.55. The van der Waals surface area contributed by atoms with Crippen molar-refractivity contribution in [1.29, 1.82) is 0 Å². The molecule has 0 bridgehead atoms. The number of amides is 1. The highest BCUT2D eigenvalue weighted by Crippen LogP contribution is 2.35. The number of hydrogen-bond donors (Lipinski definition) is 2. The summed E-state index contributed by atoms with van der Waals surface area (Å²) < 4.78 is 40.9. The second kappa shape index (κ2) is 14.2. The molecule has 1 atom stereocenters. The number of likely N-dealkylation sites (tertiary alicyclic amines) is 1. The molecule has 224 valence electrons. The van der Waals surface area contributed by atoms with Crippen LogP contribution in [0.1, 0.15) is 50.6 Å². The van der Waals surface area contributed by atoms with E-state index in [4.69, 9.17) is 22.1 Å². The Balaban J connectivity index is 1.29. The number of nitrogens with one attached hydrogen (secondary N) is 1. The summed E-state index contributed by atoms with van der Waals surface area (Å²) in [4.78, 5) is 19.8. The molecule has 2 aliphatic rings. The number of halogens is 3. The van der Waals surface area contributed by atoms with Gasteiger partial charge < -0.3 is 15.4 Å². The van der Waals surface area contributed by atoms with Gasteiger partial charge in [-0.2, -0.15) is 8.78 Å². The van der Waals surface area contributed by atoms with Gasteiger partial charge in [-0.05, 0) is 91.6 Å². The van der Waals surface area contributed by atoms with Crippen molar-refractivity contribution in [2.24, 2.45) is 11.7 Å². The second-order valence-electron chi connectivity index (χ2n) is 11.2. The van der Waals surface area contributed by atoms with Gasteiger partial charge in [0.25, 0.3) is 0 Å². The van der Waals surface area contributed by atoms with Crippen LogP contribution < -0.4 is 15.2 Å². The van der Waals surface area contributed by atoms with Crippen LogP contribution in [0, 0.1) is 5.92 Å². The van der Waals surface area contributed by atoms with E-state index in [0.29, 0.717) is 53.9 Å². The van der Waals surface area contributed by atoms with Crippen molar-refractivity contribution in [2.45, 2.75) is 67.8 Å². The van der Waals surface area contributed by atoms with Crippen molar-refractivity contribution in [3.8, 4) is 16.9 Å². The number of nitrogens with two attached hydrogens (primary N) is 1. The molecule has 0 spiro atoms. The number of alkyl halides is 2. The van der Waals surface area contributed by atoms with E-state index in [1.807, 2.05) is 24.3 Å². The highest BCUT2D eigenvalue weighted by Gasteiger charge is 2.49. The number of carbonyl (C=O) groups is 1. The lowest BCUT2D eigenvalue weighted by atomic mass is 9.90. The Kier molecular flexibility index (Phi) is 10.4. The molecule has 3 aromatic rings. The van der Waals surface area contributed by atoms with Crippen LogP contribution in [0.2, 0.25) is 5.02 Å². The first-order chi connectivity index (χ1) is 20.3. The van der Waals surface area contributed by atoms with Crippen molar-refractivity contribution in [3.63, 3.8) is 0 Å². The molecule has 42 heavy (non-hydrogen) atoms. The van der Waals surface area contributed by atoms with Crippen molar-refractivity contribution in [2.75, 3.05) is 19.7 Å². The van der Waals surface area contributed by atoms with Crippen LogP contribution in [0.3, 0.4) is 0 Å². The molecular formula is C32H37ClF2N4O2S. The Hall–Kier alpha value is -2.72. The Morgan fingerprint density at radius 2 is 1.67 bits per heavy atom. The maximum atomic E-state index is 16.1. The molecule has 1 unspecified atom stereocenters. The monoisotopic (exact) mass is 614 g/mol. The molecule has 10 heteroatoms. The van der Waals surface area contributed by atoms with Crippen LogP contribution in [-0.2, 0) is 10.7 Å². The van der Waals surface area contributed by atoms with E-state index in [-0.39, 0.29) is 6.04 Å². The Bertz CT molecular complexity index is 1300. The largest absolute Gasteiger partial charge is 0.493 e. The lowest BCUT2D eigenvalue weighted by molar-refractivity contribution is -0.145. The fourth-order valence-corrected chi connectivity index (χ4v) is 6.33. The van der Waals surface area contributed by atoms with Crippen LogP contribution in [0.5, 0.6) is 5.75 Å². The van der Waals surface area contributed by atoms with Gasteiger partial charge in [-0.3, -0.25) is 9.78 Å². The summed E-state index contributed by atoms with van der Waals surface area (Å²) in [6.45, 7) is 1.38. The average Bonchev–Trinajstić information content (AvgIpc) is 3.02. The van der Waals surface area contributed by atoms with Crippen molar-refractivity contribution >= 4 is 29.5 Å². The predicted octanol–water partition coefficient (Wildman–Crippen LogP) is 7.07. The van der Waals surface area contributed by atoms with E-state index in [9.17, 15) is 4.79 Å². The number of carbonyl (C=O) groups excluding carboxylic acids is 1. The molecule has 5 rings (SSSR count). The number of rotatable bonds is 10. The zero-order valence-electron chi connectivity index (χ0n) is 23.5. The Labute approximate surface area is 255 Å². The maximum Gasteiger partial charge on any atom is 0.314 e. The number of piperidine rings is 1. The fourth-order valence-electron chi connectivity index (χ4n) is 5.43. The van der Waals surface area contributed by atoms with Gasteiger partial charge in [0.15, 0.2) is 6.04 Å². The van der Waals surface area contributed by atoms with Crippen molar-refractivity contribution in [1.82, 2.24) is 14.6 Å². The molecule has 0 radical (unpaired) electrons. The minimum Gasteiger partial charge on any atom is -0.493 e. The normalized spacial score (nSPS) is 17.7. The number of ether oxygens (including phenoxy) is 1. The fraction of sp³-hybridized carbons (Fsp3) is 0.438. The van der Waals surface area contributed by atoms with Gasteiger partial charge in [0.2, 0.25) is 5.91 Å². The third-order valence-electron chi connectivity index (χ3n) is 8.07. The standard InChI is InChI=1S/C32H37ClF2N4O2S/c33-25-9-6-23(7-10-25)24-8-15-29(37-20-24)32(34,35)30(31(40)39-18-16-26(36)17-19-39)38-42-28-13-11-27(12-14-28)41-21-22-4-2-1-3-5-22/h6-15,20,22,26,30,38H,1-5,16-19,21,36H2. The van der Waals surface area contributed by atoms with Gasteiger partial charge in [-0.1, -0.05) is 49.1 Å². The summed E-state index contributed by atoms with van der Waals surface area (Å²) in [5.74, 6) is -2.92. The molecule has 2 fully saturated rings. The molecule has 6 nitrogen and oxygen atoms in total. The van der Waals surface area contributed by atoms with Gasteiger partial charge in [-0.25, -0.2) is 4.72 Å². The lowest BCUT2D eigenvalue weighted by Gasteiger charge is -2.35. The number of pyridine rings is 1. The minimum absolute atomic E-state index is 0.0312. The molecule has 1 saturated heterocycles. The first-order valence-electron chi connectivity index (χ1n) is 14.6. The number of hydrogen-bond acceptors (Lipinski definition) is 6. The molecule has 3 N–H and O–H groups in total. The minimum atomic E-state index is -3.58. The Morgan fingerprint density at radius 1 is 1.00 bits per heavy atom. The number of benzene rings is 2. The zero-order chi connectivity index (χ0) is 29.5. The SMILES string of the molecule is NC1CCN(C(=O)C(NSc2ccc(OCC3CCCCC3)cc2)C(F)(F)c2ccc(-c3ccc(Cl)cc3)cn2)CC1. The third kappa shape index (κ3) is 7.81. The van der Waals surface area contributed by atoms with E-state index >= 15 is 8.78 Å². The highest BCUT2D eigenvalue weighted by atomic mass is 35.5. The highest BCUT2D eigenvalue weighted by molar-refractivity contribution is 7.97. The summed E-state index contributed by atoms with van der Waals surface area (Å²) in [6, 6.07) is 15.4. The zero-order valence-corrected chi connectivity index (χ0v) is 25.1. The topological polar surface area (TPSA) is 80.5 Å². The first kappa shape index (κ1) is 30.7. The average molecular weight is 615 g/mol. The molecule has 2 heterocycles. The molecule has 1 aliphatic carbocycles.